The Kier molecular flexibility index (Phi) is 4.04. The Bertz CT molecular complexity index is 570. The molecule has 0 fully saturated rings. The quantitative estimate of drug-likeness (QED) is 0.855. The van der Waals surface area contributed by atoms with Crippen molar-refractivity contribution in [1.82, 2.24) is 9.97 Å². The molecule has 0 spiro atoms. The van der Waals surface area contributed by atoms with Crippen LogP contribution in [0.1, 0.15) is 16.1 Å². The number of anilines is 2. The summed E-state index contributed by atoms with van der Waals surface area (Å²) in [7, 11) is 1.62. The van der Waals surface area contributed by atoms with E-state index in [9.17, 15) is 4.79 Å². The molecule has 2 N–H and O–H groups in total. The van der Waals surface area contributed by atoms with Crippen molar-refractivity contribution in [1.29, 1.82) is 0 Å². The molecule has 0 saturated heterocycles. The Hall–Kier alpha value is -2.47. The largest absolute Gasteiger partial charge is 0.476 e. The van der Waals surface area contributed by atoms with Gasteiger partial charge in [-0.1, -0.05) is 18.2 Å². The molecule has 0 amide bonds. The third kappa shape index (κ3) is 3.26. The number of nitrogens with zero attached hydrogens (tertiary/aromatic N) is 2. The van der Waals surface area contributed by atoms with Gasteiger partial charge in [-0.05, 0) is 6.07 Å². The van der Waals surface area contributed by atoms with Gasteiger partial charge in [0.05, 0.1) is 19.0 Å². The number of carboxylic acid groups (broad SMARTS) is 1. The molecule has 0 aliphatic rings. The molecule has 2 rings (SSSR count). The fourth-order valence-corrected chi connectivity index (χ4v) is 1.56. The molecule has 0 radical (unpaired) electrons. The minimum atomic E-state index is -1.10. The maximum atomic E-state index is 10.7. The molecule has 19 heavy (non-hydrogen) atoms. The number of nitrogens with one attached hydrogen (secondary N) is 1. The summed E-state index contributed by atoms with van der Waals surface area (Å²) < 4.78 is 5.10. The van der Waals surface area contributed by atoms with Gasteiger partial charge in [0, 0.05) is 18.4 Å². The lowest BCUT2D eigenvalue weighted by Crippen LogP contribution is -2.03. The number of aromatic carboxylic acids is 1. The van der Waals surface area contributed by atoms with Crippen LogP contribution in [0, 0.1) is 0 Å². The number of hydrogen-bond acceptors (Lipinski definition) is 5. The first kappa shape index (κ1) is 13.0. The first-order valence-corrected chi connectivity index (χ1v) is 5.60. The van der Waals surface area contributed by atoms with Crippen LogP contribution < -0.4 is 5.32 Å². The summed E-state index contributed by atoms with van der Waals surface area (Å²) in [5.41, 5.74) is 1.74. The summed E-state index contributed by atoms with van der Waals surface area (Å²) in [5, 5.41) is 11.8. The number of para-hydroxylation sites is 1. The minimum absolute atomic E-state index is 0.0873. The molecule has 0 saturated carbocycles. The van der Waals surface area contributed by atoms with E-state index in [1.807, 2.05) is 24.3 Å². The number of methoxy groups -OCH3 is 1. The molecule has 6 nitrogen and oxygen atoms in total. The maximum Gasteiger partial charge on any atom is 0.356 e. The van der Waals surface area contributed by atoms with Crippen molar-refractivity contribution in [2.24, 2.45) is 0 Å². The summed E-state index contributed by atoms with van der Waals surface area (Å²) in [5.74, 6) is -0.618. The smallest absolute Gasteiger partial charge is 0.356 e. The van der Waals surface area contributed by atoms with Crippen LogP contribution in [0.4, 0.5) is 11.5 Å². The summed E-state index contributed by atoms with van der Waals surface area (Å²) in [4.78, 5) is 18.5. The fraction of sp³-hybridized carbons (Fsp3) is 0.154. The molecule has 0 aliphatic heterocycles. The van der Waals surface area contributed by atoms with Crippen molar-refractivity contribution < 1.29 is 14.6 Å². The van der Waals surface area contributed by atoms with Gasteiger partial charge in [0.2, 0.25) is 0 Å². The highest BCUT2D eigenvalue weighted by Crippen LogP contribution is 2.19. The molecular formula is C13H13N3O3. The van der Waals surface area contributed by atoms with Crippen LogP contribution in [0.15, 0.2) is 36.7 Å². The highest BCUT2D eigenvalue weighted by Gasteiger charge is 2.06. The van der Waals surface area contributed by atoms with Crippen LogP contribution in [0.25, 0.3) is 0 Å². The second-order valence-corrected chi connectivity index (χ2v) is 3.81. The third-order valence-corrected chi connectivity index (χ3v) is 2.45. The lowest BCUT2D eigenvalue weighted by molar-refractivity contribution is 0.0690. The van der Waals surface area contributed by atoms with Crippen molar-refractivity contribution in [2.45, 2.75) is 6.61 Å². The molecule has 0 aliphatic carbocycles. The fourth-order valence-electron chi connectivity index (χ4n) is 1.56. The molecule has 1 aromatic heterocycles. The van der Waals surface area contributed by atoms with Gasteiger partial charge in [-0.3, -0.25) is 0 Å². The van der Waals surface area contributed by atoms with E-state index in [0.29, 0.717) is 12.4 Å². The van der Waals surface area contributed by atoms with E-state index in [1.165, 1.54) is 12.4 Å². The minimum Gasteiger partial charge on any atom is -0.476 e. The van der Waals surface area contributed by atoms with E-state index in [1.54, 1.807) is 7.11 Å². The standard InChI is InChI=1S/C13H13N3O3/c1-19-8-9-4-2-3-5-10(9)16-12-7-14-11(6-15-12)13(17)18/h2-7H,8H2,1H3,(H,15,16)(H,17,18). The van der Waals surface area contributed by atoms with Crippen molar-refractivity contribution in [2.75, 3.05) is 12.4 Å². The lowest BCUT2D eigenvalue weighted by atomic mass is 10.2. The van der Waals surface area contributed by atoms with Gasteiger partial charge in [-0.25, -0.2) is 14.8 Å². The van der Waals surface area contributed by atoms with Gasteiger partial charge in [0.1, 0.15) is 5.82 Å². The van der Waals surface area contributed by atoms with Crippen molar-refractivity contribution in [3.63, 3.8) is 0 Å². The molecule has 0 unspecified atom stereocenters. The Morgan fingerprint density at radius 2 is 2.11 bits per heavy atom. The summed E-state index contributed by atoms with van der Waals surface area (Å²) >= 11 is 0. The van der Waals surface area contributed by atoms with Gasteiger partial charge in [0.25, 0.3) is 0 Å². The van der Waals surface area contributed by atoms with Gasteiger partial charge < -0.3 is 15.2 Å². The van der Waals surface area contributed by atoms with E-state index < -0.39 is 5.97 Å². The zero-order chi connectivity index (χ0) is 13.7. The number of carboxylic acids is 1. The monoisotopic (exact) mass is 259 g/mol. The second kappa shape index (κ2) is 5.92. The molecule has 0 bridgehead atoms. The summed E-state index contributed by atoms with van der Waals surface area (Å²) in [6.07, 6.45) is 2.59. The molecule has 98 valence electrons. The van der Waals surface area contributed by atoms with Crippen LogP contribution in [-0.2, 0) is 11.3 Å². The summed E-state index contributed by atoms with van der Waals surface area (Å²) in [6.45, 7) is 0.476. The zero-order valence-electron chi connectivity index (χ0n) is 10.3. The van der Waals surface area contributed by atoms with Gasteiger partial charge in [-0.15, -0.1) is 0 Å². The van der Waals surface area contributed by atoms with Crippen molar-refractivity contribution in [3.05, 3.63) is 47.9 Å². The predicted octanol–water partition coefficient (Wildman–Crippen LogP) is 2.06. The molecule has 6 heteroatoms. The van der Waals surface area contributed by atoms with Crippen LogP contribution >= 0.6 is 0 Å². The number of ether oxygens (including phenoxy) is 1. The molecular weight excluding hydrogens is 246 g/mol. The normalized spacial score (nSPS) is 10.2. The highest BCUT2D eigenvalue weighted by atomic mass is 16.5. The molecule has 1 heterocycles. The van der Waals surface area contributed by atoms with Crippen LogP contribution in [0.5, 0.6) is 0 Å². The predicted molar refractivity (Wildman–Crippen MR) is 69.4 cm³/mol. The lowest BCUT2D eigenvalue weighted by Gasteiger charge is -2.10. The Morgan fingerprint density at radius 3 is 2.74 bits per heavy atom. The number of rotatable bonds is 5. The molecule has 1 aromatic carbocycles. The Balaban J connectivity index is 2.19. The van der Waals surface area contributed by atoms with Crippen molar-refractivity contribution in [3.8, 4) is 0 Å². The SMILES string of the molecule is COCc1ccccc1Nc1cnc(C(=O)O)cn1. The van der Waals surface area contributed by atoms with E-state index in [2.05, 4.69) is 15.3 Å². The average molecular weight is 259 g/mol. The van der Waals surface area contributed by atoms with Crippen LogP contribution in [0.2, 0.25) is 0 Å². The number of aromatic nitrogens is 2. The number of benzene rings is 1. The first-order valence-electron chi connectivity index (χ1n) is 5.60. The maximum absolute atomic E-state index is 10.7. The van der Waals surface area contributed by atoms with Crippen LogP contribution in [-0.4, -0.2) is 28.2 Å². The Labute approximate surface area is 110 Å². The number of carbonyl (C=O) groups is 1. The third-order valence-electron chi connectivity index (χ3n) is 2.45. The van der Waals surface area contributed by atoms with Crippen molar-refractivity contribution >= 4 is 17.5 Å². The Morgan fingerprint density at radius 1 is 1.32 bits per heavy atom. The average Bonchev–Trinajstić information content (AvgIpc) is 2.42. The van der Waals surface area contributed by atoms with Crippen LogP contribution in [0.3, 0.4) is 0 Å². The molecule has 2 aromatic rings. The van der Waals surface area contributed by atoms with Gasteiger partial charge in [0.15, 0.2) is 5.69 Å². The van der Waals surface area contributed by atoms with E-state index in [-0.39, 0.29) is 5.69 Å². The van der Waals surface area contributed by atoms with Gasteiger partial charge >= 0.3 is 5.97 Å². The number of hydrogen-bond donors (Lipinski definition) is 2. The second-order valence-electron chi connectivity index (χ2n) is 3.81. The van der Waals surface area contributed by atoms with Gasteiger partial charge in [-0.2, -0.15) is 0 Å². The zero-order valence-corrected chi connectivity index (χ0v) is 10.3. The molecule has 0 atom stereocenters. The van der Waals surface area contributed by atoms with E-state index in [4.69, 9.17) is 9.84 Å². The topological polar surface area (TPSA) is 84.3 Å². The highest BCUT2D eigenvalue weighted by molar-refractivity contribution is 5.85. The van der Waals surface area contributed by atoms with E-state index >= 15 is 0 Å². The van der Waals surface area contributed by atoms with E-state index in [0.717, 1.165) is 11.3 Å². The summed E-state index contributed by atoms with van der Waals surface area (Å²) in [6, 6.07) is 7.63. The first-order chi connectivity index (χ1) is 9.20.